The van der Waals surface area contributed by atoms with Gasteiger partial charge < -0.3 is 5.32 Å². The maximum atomic E-state index is 3.72. The molecule has 0 aromatic heterocycles. The highest BCUT2D eigenvalue weighted by atomic mass is 79.9. The monoisotopic (exact) mass is 345 g/mol. The summed E-state index contributed by atoms with van der Waals surface area (Å²) in [5.74, 6) is 0. The Morgan fingerprint density at radius 3 is 2.24 bits per heavy atom. The lowest BCUT2D eigenvalue weighted by Gasteiger charge is -2.22. The number of aryl methyl sites for hydroxylation is 3. The first kappa shape index (κ1) is 16.3. The lowest BCUT2D eigenvalue weighted by molar-refractivity contribution is 0.596. The largest absolute Gasteiger partial charge is 0.306 e. The van der Waals surface area contributed by atoms with E-state index in [1.54, 1.807) is 0 Å². The van der Waals surface area contributed by atoms with Crippen molar-refractivity contribution in [2.24, 2.45) is 0 Å². The fourth-order valence-corrected chi connectivity index (χ4v) is 3.23. The Balaban J connectivity index is 2.49. The topological polar surface area (TPSA) is 12.0 Å². The predicted molar refractivity (Wildman–Crippen MR) is 94.9 cm³/mol. The quantitative estimate of drug-likeness (QED) is 0.758. The summed E-state index contributed by atoms with van der Waals surface area (Å²) >= 11 is 3.72. The summed E-state index contributed by atoms with van der Waals surface area (Å²) in [6.45, 7) is 9.69. The fourth-order valence-electron chi connectivity index (χ4n) is 2.76. The van der Waals surface area contributed by atoms with Crippen LogP contribution in [0.25, 0.3) is 0 Å². The minimum Gasteiger partial charge on any atom is -0.306 e. The molecule has 112 valence electrons. The van der Waals surface area contributed by atoms with Gasteiger partial charge in [-0.2, -0.15) is 0 Å². The number of benzene rings is 2. The molecule has 1 unspecified atom stereocenters. The lowest BCUT2D eigenvalue weighted by Crippen LogP contribution is -2.24. The third kappa shape index (κ3) is 4.18. The molecular formula is C19H24BrN. The van der Waals surface area contributed by atoms with Crippen molar-refractivity contribution in [3.8, 4) is 0 Å². The van der Waals surface area contributed by atoms with E-state index >= 15 is 0 Å². The van der Waals surface area contributed by atoms with Crippen LogP contribution in [0.15, 0.2) is 40.9 Å². The standard InChI is InChI=1S/C19H24BrN/c1-5-8-21-19(16-10-14(3)9-15(4)11-16)17-12-13(2)6-7-18(17)20/h6-7,9-12,19,21H,5,8H2,1-4H3. The van der Waals surface area contributed by atoms with Crippen molar-refractivity contribution in [2.45, 2.75) is 40.2 Å². The summed E-state index contributed by atoms with van der Waals surface area (Å²) in [5, 5.41) is 3.69. The average molecular weight is 346 g/mol. The SMILES string of the molecule is CCCNC(c1cc(C)cc(C)c1)c1cc(C)ccc1Br. The summed E-state index contributed by atoms with van der Waals surface area (Å²) in [4.78, 5) is 0. The third-order valence-corrected chi connectivity index (χ3v) is 4.36. The van der Waals surface area contributed by atoms with Crippen molar-refractivity contribution in [3.05, 3.63) is 68.7 Å². The van der Waals surface area contributed by atoms with Gasteiger partial charge in [0.15, 0.2) is 0 Å². The Morgan fingerprint density at radius 1 is 0.952 bits per heavy atom. The van der Waals surface area contributed by atoms with Crippen LogP contribution in [-0.2, 0) is 0 Å². The zero-order valence-electron chi connectivity index (χ0n) is 13.3. The summed E-state index contributed by atoms with van der Waals surface area (Å²) in [6.07, 6.45) is 1.13. The highest BCUT2D eigenvalue weighted by Crippen LogP contribution is 2.30. The molecule has 0 saturated carbocycles. The van der Waals surface area contributed by atoms with Gasteiger partial charge in [0.2, 0.25) is 0 Å². The molecule has 0 aliphatic heterocycles. The molecule has 0 heterocycles. The van der Waals surface area contributed by atoms with E-state index in [0.29, 0.717) is 0 Å². The van der Waals surface area contributed by atoms with E-state index in [-0.39, 0.29) is 6.04 Å². The summed E-state index contributed by atoms with van der Waals surface area (Å²) in [5.41, 5.74) is 6.58. The van der Waals surface area contributed by atoms with E-state index in [2.05, 4.69) is 85.3 Å². The molecule has 2 rings (SSSR count). The van der Waals surface area contributed by atoms with E-state index in [1.807, 2.05) is 0 Å². The van der Waals surface area contributed by atoms with Crippen LogP contribution < -0.4 is 5.32 Å². The van der Waals surface area contributed by atoms with Crippen molar-refractivity contribution in [1.82, 2.24) is 5.32 Å². The zero-order chi connectivity index (χ0) is 15.4. The molecule has 0 aliphatic rings. The van der Waals surface area contributed by atoms with Crippen LogP contribution in [0.4, 0.5) is 0 Å². The Hall–Kier alpha value is -1.12. The number of hydrogen-bond donors (Lipinski definition) is 1. The van der Waals surface area contributed by atoms with Gasteiger partial charge in [0.05, 0.1) is 6.04 Å². The van der Waals surface area contributed by atoms with Crippen molar-refractivity contribution < 1.29 is 0 Å². The molecule has 0 spiro atoms. The fraction of sp³-hybridized carbons (Fsp3) is 0.368. The van der Waals surface area contributed by atoms with E-state index < -0.39 is 0 Å². The lowest BCUT2D eigenvalue weighted by atomic mass is 9.94. The van der Waals surface area contributed by atoms with Gasteiger partial charge in [-0.3, -0.25) is 0 Å². The molecule has 1 N–H and O–H groups in total. The molecule has 21 heavy (non-hydrogen) atoms. The number of rotatable bonds is 5. The summed E-state index contributed by atoms with van der Waals surface area (Å²) in [6, 6.07) is 13.6. The van der Waals surface area contributed by atoms with Crippen LogP contribution >= 0.6 is 15.9 Å². The van der Waals surface area contributed by atoms with Gasteiger partial charge in [-0.05, 0) is 50.9 Å². The van der Waals surface area contributed by atoms with Gasteiger partial charge in [0.25, 0.3) is 0 Å². The Labute approximate surface area is 136 Å². The molecule has 1 nitrogen and oxygen atoms in total. The highest BCUT2D eigenvalue weighted by Gasteiger charge is 2.17. The molecular weight excluding hydrogens is 322 g/mol. The molecule has 2 aromatic carbocycles. The van der Waals surface area contributed by atoms with Gasteiger partial charge in [-0.25, -0.2) is 0 Å². The van der Waals surface area contributed by atoms with Gasteiger partial charge >= 0.3 is 0 Å². The molecule has 0 saturated heterocycles. The van der Waals surface area contributed by atoms with Crippen LogP contribution in [0.2, 0.25) is 0 Å². The first-order chi connectivity index (χ1) is 10.0. The van der Waals surface area contributed by atoms with Crippen LogP contribution in [0.5, 0.6) is 0 Å². The zero-order valence-corrected chi connectivity index (χ0v) is 14.9. The molecule has 0 bridgehead atoms. The van der Waals surface area contributed by atoms with Crippen molar-refractivity contribution in [3.63, 3.8) is 0 Å². The minimum absolute atomic E-state index is 0.234. The molecule has 0 aliphatic carbocycles. The predicted octanol–water partition coefficient (Wildman–Crippen LogP) is 5.46. The van der Waals surface area contributed by atoms with Gasteiger partial charge in [-0.1, -0.05) is 69.9 Å². The first-order valence-corrected chi connectivity index (χ1v) is 8.38. The highest BCUT2D eigenvalue weighted by molar-refractivity contribution is 9.10. The number of nitrogens with one attached hydrogen (secondary N) is 1. The molecule has 0 amide bonds. The van der Waals surface area contributed by atoms with E-state index in [1.165, 1.54) is 32.3 Å². The number of halogens is 1. The third-order valence-electron chi connectivity index (χ3n) is 3.64. The van der Waals surface area contributed by atoms with Crippen LogP contribution in [0, 0.1) is 20.8 Å². The maximum Gasteiger partial charge on any atom is 0.0588 e. The van der Waals surface area contributed by atoms with Crippen LogP contribution in [-0.4, -0.2) is 6.54 Å². The van der Waals surface area contributed by atoms with Crippen LogP contribution in [0.1, 0.15) is 47.2 Å². The Morgan fingerprint density at radius 2 is 1.62 bits per heavy atom. The second-order valence-corrected chi connectivity index (χ2v) is 6.69. The van der Waals surface area contributed by atoms with E-state index in [4.69, 9.17) is 0 Å². The molecule has 1 atom stereocenters. The van der Waals surface area contributed by atoms with E-state index in [9.17, 15) is 0 Å². The smallest absolute Gasteiger partial charge is 0.0588 e. The van der Waals surface area contributed by atoms with Crippen molar-refractivity contribution in [2.75, 3.05) is 6.54 Å². The van der Waals surface area contributed by atoms with Gasteiger partial charge in [0, 0.05) is 4.47 Å². The second kappa shape index (κ2) is 7.24. The molecule has 2 heteroatoms. The normalized spacial score (nSPS) is 12.4. The Kier molecular flexibility index (Phi) is 5.60. The molecule has 0 fully saturated rings. The van der Waals surface area contributed by atoms with Gasteiger partial charge in [-0.15, -0.1) is 0 Å². The second-order valence-electron chi connectivity index (χ2n) is 5.83. The first-order valence-electron chi connectivity index (χ1n) is 7.59. The van der Waals surface area contributed by atoms with Crippen molar-refractivity contribution in [1.29, 1.82) is 0 Å². The molecule has 0 radical (unpaired) electrons. The average Bonchev–Trinajstić information content (AvgIpc) is 2.42. The molecule has 2 aromatic rings. The van der Waals surface area contributed by atoms with Gasteiger partial charge in [0.1, 0.15) is 0 Å². The maximum absolute atomic E-state index is 3.72. The summed E-state index contributed by atoms with van der Waals surface area (Å²) in [7, 11) is 0. The van der Waals surface area contributed by atoms with Crippen LogP contribution in [0.3, 0.4) is 0 Å². The number of hydrogen-bond acceptors (Lipinski definition) is 1. The van der Waals surface area contributed by atoms with E-state index in [0.717, 1.165) is 13.0 Å². The minimum atomic E-state index is 0.234. The Bertz CT molecular complexity index is 599. The summed E-state index contributed by atoms with van der Waals surface area (Å²) < 4.78 is 1.17. The van der Waals surface area contributed by atoms with Crippen molar-refractivity contribution >= 4 is 15.9 Å².